The number of carboxylic acids is 1. The number of benzene rings is 2. The summed E-state index contributed by atoms with van der Waals surface area (Å²) in [5, 5.41) is 13.3. The van der Waals surface area contributed by atoms with Gasteiger partial charge in [0.1, 0.15) is 17.6 Å². The number of halogens is 3. The molecule has 8 rings (SSSR count). The maximum atomic E-state index is 15.7. The molecule has 0 radical (unpaired) electrons. The number of pyridine rings is 2. The summed E-state index contributed by atoms with van der Waals surface area (Å²) in [5.41, 5.74) is 6.91. The Balaban J connectivity index is 1.00. The van der Waals surface area contributed by atoms with Crippen LogP contribution in [-0.2, 0) is 24.3 Å². The first kappa shape index (κ1) is 34.9. The fourth-order valence-electron chi connectivity index (χ4n) is 7.66. The lowest BCUT2D eigenvalue weighted by Gasteiger charge is -2.33. The maximum Gasteiger partial charge on any atom is 0.320 e. The molecule has 0 spiro atoms. The fourth-order valence-corrected chi connectivity index (χ4v) is 8.21. The van der Waals surface area contributed by atoms with Crippen molar-refractivity contribution >= 4 is 52.7 Å². The summed E-state index contributed by atoms with van der Waals surface area (Å²) in [7, 11) is 0. The lowest BCUT2D eigenvalue weighted by molar-refractivity contribution is -0.144. The van der Waals surface area contributed by atoms with Crippen LogP contribution in [0.2, 0.25) is 10.0 Å². The Kier molecular flexibility index (Phi) is 9.87. The van der Waals surface area contributed by atoms with E-state index < -0.39 is 23.7 Å². The summed E-state index contributed by atoms with van der Waals surface area (Å²) in [6, 6.07) is 14.5. The molecule has 3 fully saturated rings. The van der Waals surface area contributed by atoms with Crippen molar-refractivity contribution in [2.24, 2.45) is 0 Å². The Labute approximate surface area is 312 Å². The molecule has 2 aliphatic heterocycles. The summed E-state index contributed by atoms with van der Waals surface area (Å²) >= 11 is 13.8. The molecule has 1 saturated heterocycles. The van der Waals surface area contributed by atoms with Crippen molar-refractivity contribution in [1.82, 2.24) is 19.8 Å². The minimum Gasteiger partial charge on any atom is -0.480 e. The summed E-state index contributed by atoms with van der Waals surface area (Å²) < 4.78 is 15.7. The zero-order valence-corrected chi connectivity index (χ0v) is 30.3. The van der Waals surface area contributed by atoms with Gasteiger partial charge in [0.2, 0.25) is 0 Å². The van der Waals surface area contributed by atoms with Gasteiger partial charge >= 0.3 is 5.97 Å². The normalized spacial score (nSPS) is 19.7. The summed E-state index contributed by atoms with van der Waals surface area (Å²) in [5.74, 6) is -1.34. The molecule has 4 aliphatic rings. The molecule has 1 amide bonds. The van der Waals surface area contributed by atoms with Crippen LogP contribution in [0.3, 0.4) is 0 Å². The third kappa shape index (κ3) is 7.37. The van der Waals surface area contributed by atoms with Gasteiger partial charge in [-0.15, -0.1) is 0 Å². The second-order valence-electron chi connectivity index (χ2n) is 14.5. The highest BCUT2D eigenvalue weighted by atomic mass is 35.5. The number of aromatic nitrogens is 2. The molecular weight excluding hydrogens is 700 g/mol. The van der Waals surface area contributed by atoms with Crippen LogP contribution in [0, 0.1) is 0 Å². The number of nitrogens with one attached hydrogen (secondary N) is 1. The van der Waals surface area contributed by atoms with Crippen molar-refractivity contribution in [3.8, 4) is 11.1 Å². The molecule has 0 bridgehead atoms. The first-order valence-electron chi connectivity index (χ1n) is 18.2. The minimum atomic E-state index is -0.796. The first-order valence-corrected chi connectivity index (χ1v) is 18.9. The van der Waals surface area contributed by atoms with Crippen molar-refractivity contribution in [2.75, 3.05) is 18.4 Å². The van der Waals surface area contributed by atoms with E-state index in [-0.39, 0.29) is 11.4 Å². The van der Waals surface area contributed by atoms with Gasteiger partial charge in [-0.25, -0.2) is 4.39 Å². The van der Waals surface area contributed by atoms with Gasteiger partial charge in [-0.1, -0.05) is 60.0 Å². The van der Waals surface area contributed by atoms with Gasteiger partial charge < -0.3 is 10.4 Å². The molecule has 2 aromatic heterocycles. The van der Waals surface area contributed by atoms with Crippen molar-refractivity contribution in [3.63, 3.8) is 0 Å². The number of hydrogen-bond donors (Lipinski definition) is 2. The van der Waals surface area contributed by atoms with Crippen LogP contribution in [-0.4, -0.2) is 61.9 Å². The van der Waals surface area contributed by atoms with Gasteiger partial charge in [-0.05, 0) is 110 Å². The van der Waals surface area contributed by atoms with Crippen LogP contribution in [0.15, 0.2) is 60.9 Å². The highest BCUT2D eigenvalue weighted by molar-refractivity contribution is 6.39. The minimum absolute atomic E-state index is 0.261. The molecule has 52 heavy (non-hydrogen) atoms. The number of fused-ring (bicyclic) bond motifs is 1. The standard InChI is InChI=1S/C41H40Cl2FN5O3/c42-38-26(17-33(44)35-18-25-14-16-48(29-12-13-29)22-27(25)20-45-35)5-3-6-30(38)31-7-4-8-34(39(31)43)47-40(50)36-19-32(24-10-11-24)28(21-46-36)23-49-15-2-1-9-37(49)41(51)52/h3-8,17-21,24,29,37H,1-2,9-16,22-23H2,(H,47,50)(H,51,52)/b33-17-/t37-/m0/s1. The van der Waals surface area contributed by atoms with E-state index in [1.54, 1.807) is 36.7 Å². The topological polar surface area (TPSA) is 98.7 Å². The van der Waals surface area contributed by atoms with E-state index >= 15 is 4.39 Å². The maximum absolute atomic E-state index is 15.7. The predicted octanol–water partition coefficient (Wildman–Crippen LogP) is 9.01. The molecule has 11 heteroatoms. The number of nitrogens with zero attached hydrogens (tertiary/aromatic N) is 4. The van der Waals surface area contributed by atoms with Gasteiger partial charge in [0.05, 0.1) is 21.4 Å². The Morgan fingerprint density at radius 1 is 0.904 bits per heavy atom. The third-order valence-electron chi connectivity index (χ3n) is 10.8. The number of hydrogen-bond acceptors (Lipinski definition) is 6. The van der Waals surface area contributed by atoms with Gasteiger partial charge in [0, 0.05) is 49.2 Å². The van der Waals surface area contributed by atoms with Crippen molar-refractivity contribution < 1.29 is 19.1 Å². The SMILES string of the molecule is O=C(Nc1cccc(-c2cccc(/C=C(\F)c3cc4c(cn3)CN(C3CC3)CC4)c2Cl)c1Cl)c1cc(C2CC2)c(CN2CCCC[C@H]2C(=O)O)cn1. The van der Waals surface area contributed by atoms with Crippen LogP contribution in [0.5, 0.6) is 0 Å². The number of carbonyl (C=O) groups is 2. The number of rotatable bonds is 10. The monoisotopic (exact) mass is 739 g/mol. The number of carbonyl (C=O) groups excluding carboxylic acids is 1. The Morgan fingerprint density at radius 2 is 1.67 bits per heavy atom. The molecule has 2 N–H and O–H groups in total. The molecule has 1 atom stereocenters. The summed E-state index contributed by atoms with van der Waals surface area (Å²) in [6.07, 6.45) is 12.9. The molecule has 268 valence electrons. The molecule has 0 unspecified atom stereocenters. The van der Waals surface area contributed by atoms with E-state index in [1.165, 1.54) is 18.9 Å². The Hall–Kier alpha value is -4.15. The highest BCUT2D eigenvalue weighted by Crippen LogP contribution is 2.43. The number of carboxylic acid groups (broad SMARTS) is 1. The predicted molar refractivity (Wildman–Crippen MR) is 202 cm³/mol. The number of piperidine rings is 1. The number of likely N-dealkylation sites (tertiary alicyclic amines) is 1. The van der Waals surface area contributed by atoms with Crippen LogP contribution in [0.1, 0.15) is 94.9 Å². The zero-order chi connectivity index (χ0) is 35.9. The van der Waals surface area contributed by atoms with E-state index in [1.807, 2.05) is 29.2 Å². The van der Waals surface area contributed by atoms with E-state index in [0.717, 1.165) is 74.0 Å². The van der Waals surface area contributed by atoms with Crippen LogP contribution in [0.25, 0.3) is 23.0 Å². The Bertz CT molecular complexity index is 2080. The second-order valence-corrected chi connectivity index (χ2v) is 15.2. The van der Waals surface area contributed by atoms with Gasteiger partial charge in [0.25, 0.3) is 5.91 Å². The van der Waals surface area contributed by atoms with E-state index in [4.69, 9.17) is 23.2 Å². The third-order valence-corrected chi connectivity index (χ3v) is 11.7. The molecule has 4 heterocycles. The molecule has 2 aliphatic carbocycles. The van der Waals surface area contributed by atoms with Crippen LogP contribution < -0.4 is 5.32 Å². The molecular formula is C41H40Cl2FN5O3. The van der Waals surface area contributed by atoms with Crippen molar-refractivity contribution in [1.29, 1.82) is 0 Å². The van der Waals surface area contributed by atoms with Crippen molar-refractivity contribution in [3.05, 3.63) is 110 Å². The Morgan fingerprint density at radius 3 is 2.44 bits per heavy atom. The average Bonchev–Trinajstić information content (AvgIpc) is 4.08. The molecule has 4 aromatic rings. The van der Waals surface area contributed by atoms with Gasteiger partial charge in [-0.2, -0.15) is 0 Å². The molecule has 2 saturated carbocycles. The lowest BCUT2D eigenvalue weighted by atomic mass is 9.99. The number of amides is 1. The van der Waals surface area contributed by atoms with E-state index in [0.29, 0.717) is 57.3 Å². The quantitative estimate of drug-likeness (QED) is 0.168. The molecule has 8 nitrogen and oxygen atoms in total. The highest BCUT2D eigenvalue weighted by Gasteiger charge is 2.33. The van der Waals surface area contributed by atoms with Gasteiger partial charge in [0.15, 0.2) is 0 Å². The first-order chi connectivity index (χ1) is 25.2. The number of aliphatic carboxylic acids is 1. The molecule has 2 aromatic carbocycles. The van der Waals surface area contributed by atoms with Crippen molar-refractivity contribution in [2.45, 2.75) is 82.5 Å². The second kappa shape index (κ2) is 14.7. The number of anilines is 1. The fraction of sp³-hybridized carbons (Fsp3) is 0.366. The van der Waals surface area contributed by atoms with Crippen LogP contribution in [0.4, 0.5) is 10.1 Å². The van der Waals surface area contributed by atoms with E-state index in [9.17, 15) is 14.7 Å². The smallest absolute Gasteiger partial charge is 0.320 e. The van der Waals surface area contributed by atoms with E-state index in [2.05, 4.69) is 20.2 Å². The summed E-state index contributed by atoms with van der Waals surface area (Å²) in [4.78, 5) is 38.9. The van der Waals surface area contributed by atoms with Gasteiger partial charge in [-0.3, -0.25) is 29.4 Å². The zero-order valence-electron chi connectivity index (χ0n) is 28.8. The van der Waals surface area contributed by atoms with Crippen LogP contribution >= 0.6 is 23.2 Å². The largest absolute Gasteiger partial charge is 0.480 e. The lowest BCUT2D eigenvalue weighted by Crippen LogP contribution is -2.44. The average molecular weight is 741 g/mol. The summed E-state index contributed by atoms with van der Waals surface area (Å²) in [6.45, 7) is 3.07.